The van der Waals surface area contributed by atoms with Crippen molar-refractivity contribution in [2.45, 2.75) is 12.5 Å². The zero-order chi connectivity index (χ0) is 19.2. The van der Waals surface area contributed by atoms with Gasteiger partial charge in [0.25, 0.3) is 5.92 Å². The maximum atomic E-state index is 13.4. The first-order chi connectivity index (χ1) is 12.9. The number of benzene rings is 1. The van der Waals surface area contributed by atoms with Crippen LogP contribution in [0.15, 0.2) is 36.7 Å². The third kappa shape index (κ3) is 3.20. The monoisotopic (exact) mass is 376 g/mol. The van der Waals surface area contributed by atoms with E-state index in [2.05, 4.69) is 10.1 Å². The standard InChI is InChI=1S/C18H15F3N4O2/c1-27-16-5-12(19)2-3-13(16)11-4-15-14(22-6-11)7-23-25(15)8-17(26)24-9-18(20,21)10-24/h2-7H,8-10H2,1H3. The van der Waals surface area contributed by atoms with Crippen LogP contribution in [0.4, 0.5) is 13.2 Å². The van der Waals surface area contributed by atoms with Crippen LogP contribution in [0.5, 0.6) is 5.75 Å². The maximum Gasteiger partial charge on any atom is 0.282 e. The molecule has 0 bridgehead atoms. The molecule has 0 unspecified atom stereocenters. The molecule has 1 amide bonds. The summed E-state index contributed by atoms with van der Waals surface area (Å²) in [7, 11) is 1.44. The van der Waals surface area contributed by atoms with Crippen LogP contribution in [-0.2, 0) is 11.3 Å². The van der Waals surface area contributed by atoms with Gasteiger partial charge < -0.3 is 9.64 Å². The predicted molar refractivity (Wildman–Crippen MR) is 91.0 cm³/mol. The van der Waals surface area contributed by atoms with Crippen molar-refractivity contribution >= 4 is 16.9 Å². The van der Waals surface area contributed by atoms with Crippen molar-refractivity contribution in [1.82, 2.24) is 19.7 Å². The molecular weight excluding hydrogens is 361 g/mol. The summed E-state index contributed by atoms with van der Waals surface area (Å²) in [5.74, 6) is -3.32. The van der Waals surface area contributed by atoms with Crippen molar-refractivity contribution < 1.29 is 22.7 Å². The van der Waals surface area contributed by atoms with Crippen LogP contribution in [0.1, 0.15) is 0 Å². The van der Waals surface area contributed by atoms with Crippen LogP contribution in [0.3, 0.4) is 0 Å². The highest BCUT2D eigenvalue weighted by Gasteiger charge is 2.46. The minimum absolute atomic E-state index is 0.161. The summed E-state index contributed by atoms with van der Waals surface area (Å²) in [4.78, 5) is 17.6. The lowest BCUT2D eigenvalue weighted by molar-refractivity contribution is -0.166. The Morgan fingerprint density at radius 3 is 2.74 bits per heavy atom. The number of rotatable bonds is 4. The molecule has 1 aliphatic rings. The lowest BCUT2D eigenvalue weighted by atomic mass is 10.1. The van der Waals surface area contributed by atoms with E-state index in [0.29, 0.717) is 27.9 Å². The molecule has 3 heterocycles. The van der Waals surface area contributed by atoms with Gasteiger partial charge in [0.15, 0.2) is 0 Å². The Balaban J connectivity index is 1.65. The smallest absolute Gasteiger partial charge is 0.282 e. The Morgan fingerprint density at radius 2 is 2.04 bits per heavy atom. The number of likely N-dealkylation sites (tertiary alicyclic amines) is 1. The van der Waals surface area contributed by atoms with E-state index in [1.165, 1.54) is 30.1 Å². The summed E-state index contributed by atoms with van der Waals surface area (Å²) in [5, 5.41) is 4.13. The number of ether oxygens (including phenoxy) is 1. The minimum Gasteiger partial charge on any atom is -0.496 e. The lowest BCUT2D eigenvalue weighted by Gasteiger charge is -2.38. The van der Waals surface area contributed by atoms with Crippen LogP contribution >= 0.6 is 0 Å². The van der Waals surface area contributed by atoms with Gasteiger partial charge in [0.05, 0.1) is 31.9 Å². The average Bonchev–Trinajstić information content (AvgIpc) is 3.01. The molecule has 9 heteroatoms. The van der Waals surface area contributed by atoms with Crippen molar-refractivity contribution in [3.05, 3.63) is 42.5 Å². The van der Waals surface area contributed by atoms with Crippen LogP contribution < -0.4 is 4.74 Å². The number of fused-ring (bicyclic) bond motifs is 1. The van der Waals surface area contributed by atoms with Crippen molar-refractivity contribution in [2.75, 3.05) is 20.2 Å². The van der Waals surface area contributed by atoms with Crippen LogP contribution in [0.2, 0.25) is 0 Å². The van der Waals surface area contributed by atoms with Gasteiger partial charge in [-0.05, 0) is 18.2 Å². The highest BCUT2D eigenvalue weighted by Crippen LogP contribution is 2.32. The first-order valence-corrected chi connectivity index (χ1v) is 8.17. The summed E-state index contributed by atoms with van der Waals surface area (Å²) >= 11 is 0. The summed E-state index contributed by atoms with van der Waals surface area (Å²) in [6.45, 7) is -1.30. The number of alkyl halides is 2. The fraction of sp³-hybridized carbons (Fsp3) is 0.278. The summed E-state index contributed by atoms with van der Waals surface area (Å²) in [6.07, 6.45) is 3.10. The Bertz CT molecular complexity index is 1030. The summed E-state index contributed by atoms with van der Waals surface area (Å²) in [5.41, 5.74) is 2.42. The molecule has 0 atom stereocenters. The molecule has 3 aromatic rings. The number of aromatic nitrogens is 3. The second kappa shape index (κ2) is 6.26. The molecule has 0 aliphatic carbocycles. The normalized spacial score (nSPS) is 15.6. The maximum absolute atomic E-state index is 13.4. The molecule has 1 saturated heterocycles. The molecule has 6 nitrogen and oxygen atoms in total. The Labute approximate surface area is 152 Å². The number of nitrogens with zero attached hydrogens (tertiary/aromatic N) is 4. The average molecular weight is 376 g/mol. The lowest BCUT2D eigenvalue weighted by Crippen LogP contribution is -2.59. The Hall–Kier alpha value is -3.10. The van der Waals surface area contributed by atoms with Gasteiger partial charge in [0, 0.05) is 23.4 Å². The van der Waals surface area contributed by atoms with Crippen LogP contribution in [0, 0.1) is 5.82 Å². The third-order valence-electron chi connectivity index (χ3n) is 4.45. The number of halogens is 3. The zero-order valence-electron chi connectivity index (χ0n) is 14.3. The first kappa shape index (κ1) is 17.3. The molecule has 0 N–H and O–H groups in total. The van der Waals surface area contributed by atoms with Crippen molar-refractivity contribution in [1.29, 1.82) is 0 Å². The van der Waals surface area contributed by atoms with E-state index in [0.717, 1.165) is 4.90 Å². The topological polar surface area (TPSA) is 60.3 Å². The predicted octanol–water partition coefficient (Wildman–Crippen LogP) is 2.72. The third-order valence-corrected chi connectivity index (χ3v) is 4.45. The van der Waals surface area contributed by atoms with E-state index in [4.69, 9.17) is 4.74 Å². The molecule has 27 heavy (non-hydrogen) atoms. The molecule has 1 aromatic carbocycles. The van der Waals surface area contributed by atoms with E-state index < -0.39 is 30.7 Å². The van der Waals surface area contributed by atoms with Crippen molar-refractivity contribution in [3.63, 3.8) is 0 Å². The van der Waals surface area contributed by atoms with Gasteiger partial charge in [-0.25, -0.2) is 13.2 Å². The van der Waals surface area contributed by atoms with E-state index >= 15 is 0 Å². The molecule has 2 aromatic heterocycles. The molecular formula is C18H15F3N4O2. The number of amides is 1. The molecule has 0 saturated carbocycles. The Morgan fingerprint density at radius 1 is 1.26 bits per heavy atom. The SMILES string of the molecule is COc1cc(F)ccc1-c1cnc2cnn(CC(=O)N3CC(F)(F)C3)c2c1. The largest absolute Gasteiger partial charge is 0.496 e. The number of methoxy groups -OCH3 is 1. The van der Waals surface area contributed by atoms with E-state index in [1.807, 2.05) is 0 Å². The van der Waals surface area contributed by atoms with E-state index in [-0.39, 0.29) is 6.54 Å². The molecule has 1 aliphatic heterocycles. The van der Waals surface area contributed by atoms with Gasteiger partial charge in [-0.15, -0.1) is 0 Å². The molecule has 1 fully saturated rings. The fourth-order valence-electron chi connectivity index (χ4n) is 3.05. The number of pyridine rings is 1. The van der Waals surface area contributed by atoms with Gasteiger partial charge in [-0.2, -0.15) is 5.10 Å². The number of carbonyl (C=O) groups is 1. The van der Waals surface area contributed by atoms with E-state index in [9.17, 15) is 18.0 Å². The summed E-state index contributed by atoms with van der Waals surface area (Å²) in [6, 6.07) is 5.91. The second-order valence-corrected chi connectivity index (χ2v) is 6.38. The molecule has 0 spiro atoms. The minimum atomic E-state index is -2.81. The van der Waals surface area contributed by atoms with Gasteiger partial charge in [0.2, 0.25) is 5.91 Å². The van der Waals surface area contributed by atoms with Crippen molar-refractivity contribution in [3.8, 4) is 16.9 Å². The molecule has 140 valence electrons. The fourth-order valence-corrected chi connectivity index (χ4v) is 3.05. The van der Waals surface area contributed by atoms with Crippen LogP contribution in [0.25, 0.3) is 22.2 Å². The Kier molecular flexibility index (Phi) is 4.01. The van der Waals surface area contributed by atoms with Crippen molar-refractivity contribution in [2.24, 2.45) is 0 Å². The summed E-state index contributed by atoms with van der Waals surface area (Å²) < 4.78 is 46.0. The van der Waals surface area contributed by atoms with Gasteiger partial charge >= 0.3 is 0 Å². The number of carbonyl (C=O) groups excluding carboxylic acids is 1. The zero-order valence-corrected chi connectivity index (χ0v) is 14.3. The second-order valence-electron chi connectivity index (χ2n) is 6.38. The highest BCUT2D eigenvalue weighted by molar-refractivity contribution is 5.84. The van der Waals surface area contributed by atoms with E-state index in [1.54, 1.807) is 18.3 Å². The molecule has 0 radical (unpaired) electrons. The van der Waals surface area contributed by atoms with Gasteiger partial charge in [0.1, 0.15) is 23.6 Å². The van der Waals surface area contributed by atoms with Gasteiger partial charge in [-0.3, -0.25) is 14.5 Å². The van der Waals surface area contributed by atoms with Gasteiger partial charge in [-0.1, -0.05) is 0 Å². The number of hydrogen-bond acceptors (Lipinski definition) is 4. The first-order valence-electron chi connectivity index (χ1n) is 8.17. The highest BCUT2D eigenvalue weighted by atomic mass is 19.3. The quantitative estimate of drug-likeness (QED) is 0.703. The van der Waals surface area contributed by atoms with Crippen LogP contribution in [-0.4, -0.2) is 51.7 Å². The molecule has 4 rings (SSSR count). The number of hydrogen-bond donors (Lipinski definition) is 0.